The molecule has 1 N–H and O–H groups in total. The van der Waals surface area contributed by atoms with Crippen LogP contribution in [-0.2, 0) is 11.0 Å². The van der Waals surface area contributed by atoms with E-state index in [9.17, 15) is 27.2 Å². The molecule has 2 atom stereocenters. The van der Waals surface area contributed by atoms with Crippen molar-refractivity contribution in [2.75, 3.05) is 23.3 Å². The molecule has 0 aromatic carbocycles. The van der Waals surface area contributed by atoms with E-state index in [1.807, 2.05) is 0 Å². The Morgan fingerprint density at radius 3 is 2.55 bits per heavy atom. The Labute approximate surface area is 187 Å². The van der Waals surface area contributed by atoms with E-state index in [0.717, 1.165) is 35.6 Å². The predicted octanol–water partition coefficient (Wildman–Crippen LogP) is 3.77. The third-order valence-corrected chi connectivity index (χ3v) is 5.67. The van der Waals surface area contributed by atoms with E-state index in [0.29, 0.717) is 12.0 Å². The molecular weight excluding hydrogens is 444 g/mol. The molecule has 176 valence electrons. The normalized spacial score (nSPS) is 19.7. The van der Waals surface area contributed by atoms with Crippen molar-refractivity contribution in [3.63, 3.8) is 0 Å². The molecule has 0 bridgehead atoms. The van der Waals surface area contributed by atoms with Crippen LogP contribution >= 0.6 is 0 Å². The summed E-state index contributed by atoms with van der Waals surface area (Å²) in [4.78, 5) is 39.9. The van der Waals surface area contributed by atoms with Gasteiger partial charge in [0.1, 0.15) is 18.5 Å². The summed E-state index contributed by atoms with van der Waals surface area (Å²) in [5.74, 6) is -0.572. The van der Waals surface area contributed by atoms with Gasteiger partial charge in [-0.15, -0.1) is 0 Å². The average molecular weight is 466 g/mol. The molecule has 4 rings (SSSR count). The van der Waals surface area contributed by atoms with Crippen molar-refractivity contribution in [1.29, 1.82) is 0 Å². The summed E-state index contributed by atoms with van der Waals surface area (Å²) < 4.78 is 53.3. The lowest BCUT2D eigenvalue weighted by atomic mass is 10.1. The largest absolute Gasteiger partial charge is 0.416 e. The molecule has 8 nitrogen and oxygen atoms in total. The second-order valence-corrected chi connectivity index (χ2v) is 8.08. The zero-order valence-electron chi connectivity index (χ0n) is 17.7. The molecular formula is C21H22F4N6O2. The number of carbonyl (C=O) groups excluding carboxylic acids is 2. The molecule has 2 aromatic rings. The Morgan fingerprint density at radius 1 is 1.24 bits per heavy atom. The number of alkyl halides is 4. The van der Waals surface area contributed by atoms with Gasteiger partial charge in [0, 0.05) is 18.6 Å². The Kier molecular flexibility index (Phi) is 6.17. The second kappa shape index (κ2) is 8.91. The number of hydrogen-bond donors (Lipinski definition) is 1. The number of nitrogens with one attached hydrogen (secondary N) is 1. The highest BCUT2D eigenvalue weighted by Gasteiger charge is 2.44. The zero-order valence-corrected chi connectivity index (χ0v) is 17.7. The highest BCUT2D eigenvalue weighted by Crippen LogP contribution is 2.39. The van der Waals surface area contributed by atoms with Crippen LogP contribution in [0.25, 0.3) is 0 Å². The number of rotatable bonds is 7. The molecule has 2 aliphatic rings. The van der Waals surface area contributed by atoms with E-state index < -0.39 is 42.4 Å². The van der Waals surface area contributed by atoms with Crippen LogP contribution in [0.5, 0.6) is 0 Å². The van der Waals surface area contributed by atoms with Crippen molar-refractivity contribution >= 4 is 23.7 Å². The van der Waals surface area contributed by atoms with Crippen LogP contribution in [0.3, 0.4) is 0 Å². The molecule has 3 amide bonds. The first-order chi connectivity index (χ1) is 15.7. The van der Waals surface area contributed by atoms with Gasteiger partial charge in [-0.25, -0.2) is 24.1 Å². The Bertz CT molecular complexity index is 1030. The second-order valence-electron chi connectivity index (χ2n) is 8.08. The van der Waals surface area contributed by atoms with Crippen molar-refractivity contribution in [3.05, 3.63) is 41.9 Å². The zero-order chi connectivity index (χ0) is 23.8. The number of anilines is 2. The molecule has 3 heterocycles. The van der Waals surface area contributed by atoms with Crippen molar-refractivity contribution in [1.82, 2.24) is 19.9 Å². The fraction of sp³-hybridized carbons (Fsp3) is 0.476. The van der Waals surface area contributed by atoms with E-state index >= 15 is 0 Å². The molecule has 2 fully saturated rings. The maximum absolute atomic E-state index is 14.7. The Balaban J connectivity index is 1.48. The highest BCUT2D eigenvalue weighted by molar-refractivity contribution is 5.98. The smallest absolute Gasteiger partial charge is 0.309 e. The van der Waals surface area contributed by atoms with E-state index in [1.54, 1.807) is 19.3 Å². The van der Waals surface area contributed by atoms with Crippen molar-refractivity contribution in [2.45, 2.75) is 50.5 Å². The first-order valence-corrected chi connectivity index (χ1v) is 10.5. The molecule has 2 aromatic heterocycles. The number of pyridine rings is 1. The molecule has 0 radical (unpaired) electrons. The van der Waals surface area contributed by atoms with Crippen LogP contribution in [0.2, 0.25) is 0 Å². The quantitative estimate of drug-likeness (QED) is 0.628. The van der Waals surface area contributed by atoms with Crippen LogP contribution in [-0.4, -0.2) is 57.1 Å². The van der Waals surface area contributed by atoms with Gasteiger partial charge < -0.3 is 10.2 Å². The summed E-state index contributed by atoms with van der Waals surface area (Å²) in [5, 5.41) is 2.24. The van der Waals surface area contributed by atoms with Crippen LogP contribution in [0.1, 0.15) is 43.2 Å². The number of hydrogen-bond acceptors (Lipinski definition) is 5. The van der Waals surface area contributed by atoms with Gasteiger partial charge in [0.15, 0.2) is 0 Å². The summed E-state index contributed by atoms with van der Waals surface area (Å²) in [7, 11) is 0. The minimum absolute atomic E-state index is 0.0499. The van der Waals surface area contributed by atoms with Gasteiger partial charge in [0.05, 0.1) is 18.2 Å². The maximum atomic E-state index is 14.7. The number of carbonyl (C=O) groups is 2. The SMILES string of the molecule is CC[C@H](F)[C@H]1CN(c2ncc(C3CC3)cn2)C(=O)N1CC(=O)Nc1cc(C(F)(F)F)ccn1. The highest BCUT2D eigenvalue weighted by atomic mass is 19.4. The number of aromatic nitrogens is 3. The molecule has 1 aliphatic carbocycles. The lowest BCUT2D eigenvalue weighted by Gasteiger charge is -2.24. The first-order valence-electron chi connectivity index (χ1n) is 10.5. The van der Waals surface area contributed by atoms with E-state index in [4.69, 9.17) is 0 Å². The van der Waals surface area contributed by atoms with Gasteiger partial charge in [-0.1, -0.05) is 6.92 Å². The molecule has 33 heavy (non-hydrogen) atoms. The van der Waals surface area contributed by atoms with Gasteiger partial charge in [0.2, 0.25) is 11.9 Å². The van der Waals surface area contributed by atoms with Gasteiger partial charge in [0.25, 0.3) is 0 Å². The molecule has 0 spiro atoms. The van der Waals surface area contributed by atoms with Gasteiger partial charge in [-0.3, -0.25) is 9.69 Å². The monoisotopic (exact) mass is 466 g/mol. The molecule has 12 heteroatoms. The Hall–Kier alpha value is -3.31. The van der Waals surface area contributed by atoms with E-state index in [1.165, 1.54) is 4.90 Å². The summed E-state index contributed by atoms with van der Waals surface area (Å²) in [5.41, 5.74) is -0.000563. The van der Waals surface area contributed by atoms with Crippen molar-refractivity contribution in [3.8, 4) is 0 Å². The number of nitrogens with zero attached hydrogens (tertiary/aromatic N) is 5. The number of halogens is 4. The van der Waals surface area contributed by atoms with Gasteiger partial charge in [-0.2, -0.15) is 13.2 Å². The van der Waals surface area contributed by atoms with Crippen LogP contribution in [0, 0.1) is 0 Å². The third kappa shape index (κ3) is 5.04. The fourth-order valence-electron chi connectivity index (χ4n) is 3.70. The van der Waals surface area contributed by atoms with E-state index in [2.05, 4.69) is 20.3 Å². The predicted molar refractivity (Wildman–Crippen MR) is 110 cm³/mol. The molecule has 1 saturated heterocycles. The fourth-order valence-corrected chi connectivity index (χ4v) is 3.70. The topological polar surface area (TPSA) is 91.3 Å². The molecule has 0 unspecified atom stereocenters. The van der Waals surface area contributed by atoms with Crippen molar-refractivity contribution in [2.24, 2.45) is 0 Å². The van der Waals surface area contributed by atoms with Crippen molar-refractivity contribution < 1.29 is 27.2 Å². The summed E-state index contributed by atoms with van der Waals surface area (Å²) in [6.45, 7) is 1.01. The lowest BCUT2D eigenvalue weighted by molar-refractivity contribution is -0.137. The average Bonchev–Trinajstić information content (AvgIpc) is 3.58. The minimum atomic E-state index is -4.60. The molecule has 1 aliphatic heterocycles. The standard InChI is InChI=1S/C21H22F4N6O2/c1-2-15(22)16-10-31(19-27-8-13(9-28-19)12-3-4-12)20(33)30(16)11-18(32)29-17-7-14(5-6-26-17)21(23,24)25/h5-9,12,15-16H,2-4,10-11H2,1H3,(H,26,29,32)/t15-,16+/m0/s1. The van der Waals surface area contributed by atoms with Crippen LogP contribution in [0.15, 0.2) is 30.7 Å². The number of urea groups is 1. The molecule has 1 saturated carbocycles. The first kappa shape index (κ1) is 22.9. The van der Waals surface area contributed by atoms with E-state index in [-0.39, 0.29) is 24.7 Å². The summed E-state index contributed by atoms with van der Waals surface area (Å²) >= 11 is 0. The third-order valence-electron chi connectivity index (χ3n) is 5.67. The maximum Gasteiger partial charge on any atom is 0.416 e. The van der Waals surface area contributed by atoms with Gasteiger partial charge in [-0.05, 0) is 42.9 Å². The Morgan fingerprint density at radius 2 is 1.94 bits per heavy atom. The summed E-state index contributed by atoms with van der Waals surface area (Å²) in [6.07, 6.45) is 0.434. The van der Waals surface area contributed by atoms with Gasteiger partial charge >= 0.3 is 12.2 Å². The summed E-state index contributed by atoms with van der Waals surface area (Å²) in [6, 6.07) is -0.124. The van der Waals surface area contributed by atoms with Crippen LogP contribution in [0.4, 0.5) is 34.1 Å². The van der Waals surface area contributed by atoms with Crippen LogP contribution < -0.4 is 10.2 Å². The minimum Gasteiger partial charge on any atom is -0.309 e. The number of amides is 3. The lowest BCUT2D eigenvalue weighted by Crippen LogP contribution is -2.44.